The first kappa shape index (κ1) is 13.0. The van der Waals surface area contributed by atoms with Crippen LogP contribution in [0.25, 0.3) is 0 Å². The van der Waals surface area contributed by atoms with Crippen LogP contribution in [0.4, 0.5) is 0 Å². The Labute approximate surface area is 88.0 Å². The Morgan fingerprint density at radius 2 is 1.80 bits per heavy atom. The Bertz CT molecular complexity index is 298. The van der Waals surface area contributed by atoms with Crippen molar-refractivity contribution in [1.29, 1.82) is 5.26 Å². The van der Waals surface area contributed by atoms with Crippen LogP contribution in [-0.2, 0) is 19.1 Å². The van der Waals surface area contributed by atoms with Gasteiger partial charge in [0.1, 0.15) is 6.61 Å². The molecule has 15 heavy (non-hydrogen) atoms. The molecular weight excluding hydrogens is 198 g/mol. The van der Waals surface area contributed by atoms with Crippen LogP contribution in [0.2, 0.25) is 0 Å². The van der Waals surface area contributed by atoms with Crippen LogP contribution in [0.5, 0.6) is 0 Å². The molecular formula is C10H11NO4. The molecule has 0 rings (SSSR count). The van der Waals surface area contributed by atoms with Crippen molar-refractivity contribution < 1.29 is 19.1 Å². The van der Waals surface area contributed by atoms with E-state index in [9.17, 15) is 9.59 Å². The van der Waals surface area contributed by atoms with Crippen LogP contribution in [0.1, 0.15) is 19.3 Å². The lowest BCUT2D eigenvalue weighted by molar-refractivity contribution is -0.149. The summed E-state index contributed by atoms with van der Waals surface area (Å²) in [5.74, 6) is 1.07. The van der Waals surface area contributed by atoms with Gasteiger partial charge in [0.05, 0.1) is 25.3 Å². The lowest BCUT2D eigenvalue weighted by Gasteiger charge is -2.01. The SMILES string of the molecule is C#CCOC(=O)CCC(=O)OCCC#N. The molecule has 0 spiro atoms. The first-order chi connectivity index (χ1) is 7.20. The molecule has 0 aliphatic carbocycles. The maximum absolute atomic E-state index is 10.9. The molecule has 0 bridgehead atoms. The van der Waals surface area contributed by atoms with Crippen molar-refractivity contribution in [2.75, 3.05) is 13.2 Å². The molecule has 0 N–H and O–H groups in total. The van der Waals surface area contributed by atoms with Crippen LogP contribution in [0.15, 0.2) is 0 Å². The van der Waals surface area contributed by atoms with Crippen molar-refractivity contribution in [3.63, 3.8) is 0 Å². The summed E-state index contributed by atoms with van der Waals surface area (Å²) in [6.07, 6.45) is 4.89. The summed E-state index contributed by atoms with van der Waals surface area (Å²) >= 11 is 0. The third-order valence-corrected chi connectivity index (χ3v) is 1.33. The largest absolute Gasteiger partial charge is 0.465 e. The molecule has 0 aromatic rings. The van der Waals surface area contributed by atoms with Gasteiger partial charge in [0.15, 0.2) is 6.61 Å². The van der Waals surface area contributed by atoms with E-state index in [0.29, 0.717) is 0 Å². The standard InChI is InChI=1S/C10H11NO4/c1-2-7-14-9(12)4-5-10(13)15-8-3-6-11/h1H,3-5,7-8H2. The second-order valence-corrected chi connectivity index (χ2v) is 2.49. The number of esters is 2. The third-order valence-electron chi connectivity index (χ3n) is 1.33. The quantitative estimate of drug-likeness (QED) is 0.359. The Morgan fingerprint density at radius 1 is 1.20 bits per heavy atom. The van der Waals surface area contributed by atoms with Gasteiger partial charge in [-0.2, -0.15) is 5.26 Å². The number of ether oxygens (including phenoxy) is 2. The fourth-order valence-electron chi connectivity index (χ4n) is 0.681. The highest BCUT2D eigenvalue weighted by atomic mass is 16.5. The van der Waals surface area contributed by atoms with Gasteiger partial charge in [-0.05, 0) is 0 Å². The lowest BCUT2D eigenvalue weighted by Crippen LogP contribution is -2.10. The predicted octanol–water partition coefficient (Wildman–Crippen LogP) is 0.400. The lowest BCUT2D eigenvalue weighted by atomic mass is 10.3. The number of nitriles is 1. The minimum atomic E-state index is -0.537. The van der Waals surface area contributed by atoms with Gasteiger partial charge in [0.25, 0.3) is 0 Å². The van der Waals surface area contributed by atoms with Gasteiger partial charge in [0.2, 0.25) is 0 Å². The summed E-state index contributed by atoms with van der Waals surface area (Å²) in [5, 5.41) is 8.16. The van der Waals surface area contributed by atoms with Gasteiger partial charge in [-0.3, -0.25) is 9.59 Å². The summed E-state index contributed by atoms with van der Waals surface area (Å²) in [4.78, 5) is 21.8. The summed E-state index contributed by atoms with van der Waals surface area (Å²) in [7, 11) is 0. The van der Waals surface area contributed by atoms with E-state index in [-0.39, 0.29) is 32.5 Å². The van der Waals surface area contributed by atoms with Gasteiger partial charge in [-0.1, -0.05) is 5.92 Å². The summed E-state index contributed by atoms with van der Waals surface area (Å²) < 4.78 is 9.16. The van der Waals surface area contributed by atoms with Crippen LogP contribution in [0.3, 0.4) is 0 Å². The third kappa shape index (κ3) is 8.32. The number of rotatable bonds is 6. The zero-order valence-electron chi connectivity index (χ0n) is 8.19. The molecule has 0 saturated carbocycles. The minimum Gasteiger partial charge on any atom is -0.465 e. The number of hydrogen-bond donors (Lipinski definition) is 0. The van der Waals surface area contributed by atoms with E-state index >= 15 is 0 Å². The van der Waals surface area contributed by atoms with E-state index in [1.807, 2.05) is 6.07 Å². The number of terminal acetylenes is 1. The van der Waals surface area contributed by atoms with Gasteiger partial charge < -0.3 is 9.47 Å². The highest BCUT2D eigenvalue weighted by Gasteiger charge is 2.08. The van der Waals surface area contributed by atoms with E-state index < -0.39 is 11.9 Å². The molecule has 0 atom stereocenters. The van der Waals surface area contributed by atoms with Crippen molar-refractivity contribution in [2.24, 2.45) is 0 Å². The molecule has 5 heteroatoms. The molecule has 0 amide bonds. The molecule has 0 aliphatic heterocycles. The van der Waals surface area contributed by atoms with Gasteiger partial charge >= 0.3 is 11.9 Å². The summed E-state index contributed by atoms with van der Waals surface area (Å²) in [5.41, 5.74) is 0. The minimum absolute atomic E-state index is 0.0503. The fourth-order valence-corrected chi connectivity index (χ4v) is 0.681. The highest BCUT2D eigenvalue weighted by Crippen LogP contribution is 1.96. The molecule has 0 saturated heterocycles. The second kappa shape index (κ2) is 8.58. The summed E-state index contributed by atoms with van der Waals surface area (Å²) in [6.45, 7) is -0.0446. The molecule has 0 fully saturated rings. The predicted molar refractivity (Wildman–Crippen MR) is 50.2 cm³/mol. The van der Waals surface area contributed by atoms with Crippen LogP contribution >= 0.6 is 0 Å². The first-order valence-electron chi connectivity index (χ1n) is 4.32. The fraction of sp³-hybridized carbons (Fsp3) is 0.500. The van der Waals surface area contributed by atoms with E-state index in [2.05, 4.69) is 15.4 Å². The number of carbonyl (C=O) groups excluding carboxylic acids is 2. The van der Waals surface area contributed by atoms with Crippen molar-refractivity contribution in [2.45, 2.75) is 19.3 Å². The first-order valence-corrected chi connectivity index (χ1v) is 4.32. The van der Waals surface area contributed by atoms with E-state index in [1.165, 1.54) is 0 Å². The average Bonchev–Trinajstić information content (AvgIpc) is 2.24. The normalized spacial score (nSPS) is 8.40. The zero-order valence-corrected chi connectivity index (χ0v) is 8.19. The molecule has 0 aromatic carbocycles. The molecule has 0 aromatic heterocycles. The van der Waals surface area contributed by atoms with Crippen LogP contribution in [0, 0.1) is 23.7 Å². The van der Waals surface area contributed by atoms with Crippen molar-refractivity contribution in [1.82, 2.24) is 0 Å². The number of carbonyl (C=O) groups is 2. The smallest absolute Gasteiger partial charge is 0.307 e. The molecule has 0 unspecified atom stereocenters. The van der Waals surface area contributed by atoms with Gasteiger partial charge in [0, 0.05) is 0 Å². The molecule has 80 valence electrons. The maximum Gasteiger partial charge on any atom is 0.307 e. The molecule has 0 heterocycles. The van der Waals surface area contributed by atoms with Gasteiger partial charge in [-0.15, -0.1) is 6.42 Å². The Hall–Kier alpha value is -2.01. The molecule has 0 radical (unpaired) electrons. The van der Waals surface area contributed by atoms with Crippen molar-refractivity contribution in [3.05, 3.63) is 0 Å². The monoisotopic (exact) mass is 209 g/mol. The van der Waals surface area contributed by atoms with Crippen molar-refractivity contribution in [3.8, 4) is 18.4 Å². The maximum atomic E-state index is 10.9. The zero-order chi connectivity index (χ0) is 11.5. The topological polar surface area (TPSA) is 76.4 Å². The van der Waals surface area contributed by atoms with Crippen molar-refractivity contribution >= 4 is 11.9 Å². The molecule has 5 nitrogen and oxygen atoms in total. The van der Waals surface area contributed by atoms with Gasteiger partial charge in [-0.25, -0.2) is 0 Å². The average molecular weight is 209 g/mol. The van der Waals surface area contributed by atoms with E-state index in [1.54, 1.807) is 0 Å². The highest BCUT2D eigenvalue weighted by molar-refractivity contribution is 5.77. The Kier molecular flexibility index (Phi) is 7.43. The second-order valence-electron chi connectivity index (χ2n) is 2.49. The van der Waals surface area contributed by atoms with Crippen LogP contribution < -0.4 is 0 Å². The summed E-state index contributed by atoms with van der Waals surface area (Å²) in [6, 6.07) is 1.82. The Balaban J connectivity index is 3.50. The Morgan fingerprint density at radius 3 is 2.33 bits per heavy atom. The van der Waals surface area contributed by atoms with E-state index in [0.717, 1.165) is 0 Å². The van der Waals surface area contributed by atoms with E-state index in [4.69, 9.17) is 11.7 Å². The number of hydrogen-bond acceptors (Lipinski definition) is 5. The van der Waals surface area contributed by atoms with Crippen LogP contribution in [-0.4, -0.2) is 25.2 Å². The molecule has 0 aliphatic rings. The number of nitrogens with zero attached hydrogens (tertiary/aromatic N) is 1.